The predicted molar refractivity (Wildman–Crippen MR) is 101 cm³/mol. The fourth-order valence-corrected chi connectivity index (χ4v) is 5.38. The van der Waals surface area contributed by atoms with Crippen LogP contribution in [0.25, 0.3) is 10.9 Å². The molecule has 7 nitrogen and oxygen atoms in total. The number of aromatic nitrogens is 1. The molecule has 2 fully saturated rings. The van der Waals surface area contributed by atoms with Crippen molar-refractivity contribution in [3.8, 4) is 0 Å². The number of amides is 1. The lowest BCUT2D eigenvalue weighted by molar-refractivity contribution is -0.142. The van der Waals surface area contributed by atoms with Gasteiger partial charge in [-0.3, -0.25) is 9.78 Å². The van der Waals surface area contributed by atoms with Gasteiger partial charge in [0.2, 0.25) is 10.0 Å². The lowest BCUT2D eigenvalue weighted by Crippen LogP contribution is -2.52. The van der Waals surface area contributed by atoms with E-state index in [2.05, 4.69) is 4.98 Å². The van der Waals surface area contributed by atoms with E-state index in [0.717, 1.165) is 18.4 Å². The van der Waals surface area contributed by atoms with Crippen molar-refractivity contribution in [3.63, 3.8) is 0 Å². The van der Waals surface area contributed by atoms with Gasteiger partial charge in [-0.2, -0.15) is 4.31 Å². The van der Waals surface area contributed by atoms with Gasteiger partial charge in [-0.05, 0) is 43.5 Å². The van der Waals surface area contributed by atoms with Gasteiger partial charge >= 0.3 is 0 Å². The molecule has 2 saturated heterocycles. The highest BCUT2D eigenvalue weighted by atomic mass is 32.2. The van der Waals surface area contributed by atoms with Gasteiger partial charge in [0.15, 0.2) is 0 Å². The number of piperazine rings is 1. The van der Waals surface area contributed by atoms with E-state index in [1.807, 2.05) is 6.92 Å². The molecule has 4 rings (SSSR count). The molecule has 27 heavy (non-hydrogen) atoms. The number of nitrogens with zero attached hydrogens (tertiary/aromatic N) is 3. The summed E-state index contributed by atoms with van der Waals surface area (Å²) in [6.07, 6.45) is 2.96. The standard InChI is InChI=1S/C19H23N3O4S/c1-14-6-7-17(15-4-2-8-20-18(14)15)27(24,25)22-11-9-21(10-12-22)19(23)16-5-3-13-26-16/h2,4,6-8,16H,3,5,9-13H2,1H3. The topological polar surface area (TPSA) is 79.8 Å². The second kappa shape index (κ2) is 7.18. The maximum absolute atomic E-state index is 13.2. The van der Waals surface area contributed by atoms with Crippen LogP contribution in [-0.2, 0) is 19.6 Å². The van der Waals surface area contributed by atoms with Crippen LogP contribution in [0.3, 0.4) is 0 Å². The van der Waals surface area contributed by atoms with Gasteiger partial charge in [-0.15, -0.1) is 0 Å². The van der Waals surface area contributed by atoms with Crippen molar-refractivity contribution in [2.45, 2.75) is 30.8 Å². The second-order valence-electron chi connectivity index (χ2n) is 7.01. The van der Waals surface area contributed by atoms with E-state index in [1.54, 1.807) is 35.4 Å². The summed E-state index contributed by atoms with van der Waals surface area (Å²) in [6, 6.07) is 6.98. The third-order valence-electron chi connectivity index (χ3n) is 5.30. The third-order valence-corrected chi connectivity index (χ3v) is 7.26. The summed E-state index contributed by atoms with van der Waals surface area (Å²) in [5.41, 5.74) is 1.64. The molecule has 0 N–H and O–H groups in total. The molecule has 3 heterocycles. The number of carbonyl (C=O) groups excluding carboxylic acids is 1. The van der Waals surface area contributed by atoms with Gasteiger partial charge in [0.25, 0.3) is 5.91 Å². The minimum atomic E-state index is -3.65. The summed E-state index contributed by atoms with van der Waals surface area (Å²) >= 11 is 0. The van der Waals surface area contributed by atoms with Crippen LogP contribution >= 0.6 is 0 Å². The van der Waals surface area contributed by atoms with E-state index in [9.17, 15) is 13.2 Å². The van der Waals surface area contributed by atoms with Gasteiger partial charge in [-0.25, -0.2) is 8.42 Å². The van der Waals surface area contributed by atoms with Crippen molar-refractivity contribution < 1.29 is 17.9 Å². The van der Waals surface area contributed by atoms with Crippen LogP contribution in [0, 0.1) is 6.92 Å². The quantitative estimate of drug-likeness (QED) is 0.796. The molecule has 0 radical (unpaired) electrons. The Balaban J connectivity index is 1.54. The molecule has 144 valence electrons. The van der Waals surface area contributed by atoms with Gasteiger partial charge in [0.05, 0.1) is 10.4 Å². The number of fused-ring (bicyclic) bond motifs is 1. The first kappa shape index (κ1) is 18.3. The molecular weight excluding hydrogens is 366 g/mol. The number of hydrogen-bond acceptors (Lipinski definition) is 5. The molecule has 1 aromatic heterocycles. The predicted octanol–water partition coefficient (Wildman–Crippen LogP) is 1.56. The van der Waals surface area contributed by atoms with Crippen LogP contribution in [0.15, 0.2) is 35.4 Å². The maximum Gasteiger partial charge on any atom is 0.251 e. The molecule has 0 saturated carbocycles. The number of aryl methyl sites for hydroxylation is 1. The summed E-state index contributed by atoms with van der Waals surface area (Å²) in [5.74, 6) is -0.0190. The number of sulfonamides is 1. The Bertz CT molecular complexity index is 962. The summed E-state index contributed by atoms with van der Waals surface area (Å²) in [4.78, 5) is 18.8. The Hall–Kier alpha value is -2.03. The molecule has 0 spiro atoms. The van der Waals surface area contributed by atoms with Crippen molar-refractivity contribution in [1.29, 1.82) is 0 Å². The zero-order valence-corrected chi connectivity index (χ0v) is 16.1. The first-order chi connectivity index (χ1) is 13.0. The Morgan fingerprint density at radius 2 is 1.96 bits per heavy atom. The molecule has 2 aromatic rings. The summed E-state index contributed by atoms with van der Waals surface area (Å²) in [7, 11) is -3.65. The van der Waals surface area contributed by atoms with Gasteiger partial charge in [0.1, 0.15) is 6.10 Å². The zero-order valence-electron chi connectivity index (χ0n) is 15.3. The number of hydrogen-bond donors (Lipinski definition) is 0. The lowest BCUT2D eigenvalue weighted by atomic mass is 10.1. The largest absolute Gasteiger partial charge is 0.368 e. The third kappa shape index (κ3) is 3.33. The molecule has 1 unspecified atom stereocenters. The average molecular weight is 389 g/mol. The smallest absolute Gasteiger partial charge is 0.251 e. The number of ether oxygens (including phenoxy) is 1. The van der Waals surface area contributed by atoms with Crippen molar-refractivity contribution >= 4 is 26.8 Å². The maximum atomic E-state index is 13.2. The van der Waals surface area contributed by atoms with Gasteiger partial charge in [-0.1, -0.05) is 6.07 Å². The molecular formula is C19H23N3O4S. The van der Waals surface area contributed by atoms with E-state index >= 15 is 0 Å². The number of pyridine rings is 1. The summed E-state index contributed by atoms with van der Waals surface area (Å²) < 4.78 is 33.4. The van der Waals surface area contributed by atoms with Crippen LogP contribution in [-0.4, -0.2) is 67.4 Å². The monoisotopic (exact) mass is 389 g/mol. The van der Waals surface area contributed by atoms with Crippen LogP contribution in [0.4, 0.5) is 0 Å². The highest BCUT2D eigenvalue weighted by Gasteiger charge is 2.34. The van der Waals surface area contributed by atoms with E-state index in [1.165, 1.54) is 4.31 Å². The van der Waals surface area contributed by atoms with Crippen LogP contribution in [0.1, 0.15) is 18.4 Å². The Morgan fingerprint density at radius 3 is 2.67 bits per heavy atom. The van der Waals surface area contributed by atoms with E-state index in [4.69, 9.17) is 4.74 Å². The molecule has 2 aliphatic rings. The fraction of sp³-hybridized carbons (Fsp3) is 0.474. The second-order valence-corrected chi connectivity index (χ2v) is 8.92. The number of benzene rings is 1. The number of carbonyl (C=O) groups is 1. The van der Waals surface area contributed by atoms with E-state index < -0.39 is 10.0 Å². The fourth-order valence-electron chi connectivity index (χ4n) is 3.78. The van der Waals surface area contributed by atoms with Crippen LogP contribution in [0.5, 0.6) is 0 Å². The normalized spacial score (nSPS) is 21.7. The Morgan fingerprint density at radius 1 is 1.19 bits per heavy atom. The zero-order chi connectivity index (χ0) is 19.0. The first-order valence-corrected chi connectivity index (χ1v) is 10.7. The molecule has 0 aliphatic carbocycles. The minimum Gasteiger partial charge on any atom is -0.368 e. The Kier molecular flexibility index (Phi) is 4.88. The summed E-state index contributed by atoms with van der Waals surface area (Å²) in [5, 5.41) is 0.635. The number of rotatable bonds is 3. The minimum absolute atomic E-state index is 0.0190. The molecule has 2 aliphatic heterocycles. The van der Waals surface area contributed by atoms with Crippen molar-refractivity contribution in [2.75, 3.05) is 32.8 Å². The van der Waals surface area contributed by atoms with E-state index in [-0.39, 0.29) is 30.0 Å². The highest BCUT2D eigenvalue weighted by Crippen LogP contribution is 2.27. The SMILES string of the molecule is Cc1ccc(S(=O)(=O)N2CCN(C(=O)C3CCCO3)CC2)c2cccnc12. The van der Waals surface area contributed by atoms with Gasteiger partial charge in [0, 0.05) is 44.4 Å². The van der Waals surface area contributed by atoms with E-state index in [0.29, 0.717) is 30.6 Å². The van der Waals surface area contributed by atoms with Crippen LogP contribution in [0.2, 0.25) is 0 Å². The molecule has 1 aromatic carbocycles. The Labute approximate surface area is 159 Å². The first-order valence-electron chi connectivity index (χ1n) is 9.23. The molecule has 8 heteroatoms. The molecule has 0 bridgehead atoms. The molecule has 1 atom stereocenters. The van der Waals surface area contributed by atoms with Crippen LogP contribution < -0.4 is 0 Å². The average Bonchev–Trinajstić information content (AvgIpc) is 3.22. The van der Waals surface area contributed by atoms with Crippen molar-refractivity contribution in [2.24, 2.45) is 0 Å². The summed E-state index contributed by atoms with van der Waals surface area (Å²) in [6.45, 7) is 3.90. The lowest BCUT2D eigenvalue weighted by Gasteiger charge is -2.35. The van der Waals surface area contributed by atoms with Crippen molar-refractivity contribution in [3.05, 3.63) is 36.0 Å². The van der Waals surface area contributed by atoms with Crippen molar-refractivity contribution in [1.82, 2.24) is 14.2 Å². The highest BCUT2D eigenvalue weighted by molar-refractivity contribution is 7.89. The molecule has 1 amide bonds. The van der Waals surface area contributed by atoms with Gasteiger partial charge < -0.3 is 9.64 Å².